The summed E-state index contributed by atoms with van der Waals surface area (Å²) in [6.45, 7) is 13.8. The van der Waals surface area contributed by atoms with E-state index in [2.05, 4.69) is 41.5 Å². The fourth-order valence-corrected chi connectivity index (χ4v) is 8.82. The Morgan fingerprint density at radius 2 is 0.453 bits per heavy atom. The molecule has 0 aliphatic carbocycles. The maximum Gasteiger partial charge on any atom is 0.306 e. The highest BCUT2D eigenvalue weighted by Gasteiger charge is 2.19. The van der Waals surface area contributed by atoms with Crippen LogP contribution in [0.15, 0.2) is 0 Å². The number of ether oxygens (including phenoxy) is 3. The fourth-order valence-electron chi connectivity index (χ4n) is 8.82. The summed E-state index contributed by atoms with van der Waals surface area (Å²) in [5.74, 6) is 1.66. The summed E-state index contributed by atoms with van der Waals surface area (Å²) in [5.41, 5.74) is 0. The summed E-state index contributed by atoms with van der Waals surface area (Å²) < 4.78 is 16.9. The summed E-state index contributed by atoms with van der Waals surface area (Å²) in [6.07, 6.45) is 50.9. The molecule has 0 aromatic heterocycles. The molecular weight excluding hydrogens is 793 g/mol. The summed E-state index contributed by atoms with van der Waals surface area (Å²) >= 11 is 0. The van der Waals surface area contributed by atoms with Crippen LogP contribution in [0.25, 0.3) is 0 Å². The molecular formula is C58H112O6. The third-order valence-corrected chi connectivity index (χ3v) is 13.1. The number of esters is 3. The molecule has 0 unspecified atom stereocenters. The van der Waals surface area contributed by atoms with E-state index in [1.165, 1.54) is 199 Å². The Kier molecular flexibility index (Phi) is 48.1. The molecule has 380 valence electrons. The van der Waals surface area contributed by atoms with Gasteiger partial charge in [0.1, 0.15) is 13.2 Å². The molecule has 0 amide bonds. The first-order chi connectivity index (χ1) is 31.1. The van der Waals surface area contributed by atoms with Crippen molar-refractivity contribution in [1.82, 2.24) is 0 Å². The first kappa shape index (κ1) is 62.4. The van der Waals surface area contributed by atoms with E-state index < -0.39 is 6.10 Å². The minimum Gasteiger partial charge on any atom is -0.462 e. The lowest BCUT2D eigenvalue weighted by Gasteiger charge is -2.18. The molecule has 64 heavy (non-hydrogen) atoms. The third kappa shape index (κ3) is 51.4. The van der Waals surface area contributed by atoms with Crippen molar-refractivity contribution < 1.29 is 28.6 Å². The van der Waals surface area contributed by atoms with Crippen molar-refractivity contribution in [2.45, 2.75) is 324 Å². The number of hydrogen-bond acceptors (Lipinski definition) is 6. The van der Waals surface area contributed by atoms with Crippen molar-refractivity contribution in [2.75, 3.05) is 13.2 Å². The van der Waals surface area contributed by atoms with E-state index in [-0.39, 0.29) is 31.1 Å². The van der Waals surface area contributed by atoms with Crippen LogP contribution in [0.3, 0.4) is 0 Å². The Bertz CT molecular complexity index is 991. The highest BCUT2D eigenvalue weighted by atomic mass is 16.6. The van der Waals surface area contributed by atoms with Crippen LogP contribution in [-0.2, 0) is 28.6 Å². The second-order valence-electron chi connectivity index (χ2n) is 21.4. The monoisotopic (exact) mass is 905 g/mol. The van der Waals surface area contributed by atoms with Crippen LogP contribution in [0.4, 0.5) is 0 Å². The lowest BCUT2D eigenvalue weighted by Crippen LogP contribution is -2.30. The second kappa shape index (κ2) is 49.3. The molecule has 0 saturated heterocycles. The predicted octanol–water partition coefficient (Wildman–Crippen LogP) is 18.7. The van der Waals surface area contributed by atoms with Gasteiger partial charge in [-0.3, -0.25) is 14.4 Å². The number of unbranched alkanes of at least 4 members (excludes halogenated alkanes) is 34. The molecule has 0 heterocycles. The highest BCUT2D eigenvalue weighted by molar-refractivity contribution is 5.71. The van der Waals surface area contributed by atoms with Gasteiger partial charge in [-0.2, -0.15) is 0 Å². The van der Waals surface area contributed by atoms with Gasteiger partial charge in [0.15, 0.2) is 6.10 Å². The quantitative estimate of drug-likeness (QED) is 0.0344. The van der Waals surface area contributed by atoms with E-state index >= 15 is 0 Å². The molecule has 6 heteroatoms. The van der Waals surface area contributed by atoms with Crippen LogP contribution in [0.1, 0.15) is 318 Å². The van der Waals surface area contributed by atoms with Gasteiger partial charge >= 0.3 is 17.9 Å². The number of hydrogen-bond donors (Lipinski definition) is 0. The van der Waals surface area contributed by atoms with Crippen molar-refractivity contribution >= 4 is 17.9 Å². The maximum atomic E-state index is 12.8. The van der Waals surface area contributed by atoms with Crippen molar-refractivity contribution in [1.29, 1.82) is 0 Å². The van der Waals surface area contributed by atoms with Gasteiger partial charge in [0.25, 0.3) is 0 Å². The highest BCUT2D eigenvalue weighted by Crippen LogP contribution is 2.18. The van der Waals surface area contributed by atoms with Gasteiger partial charge in [0.2, 0.25) is 0 Å². The average Bonchev–Trinajstić information content (AvgIpc) is 3.25. The zero-order valence-corrected chi connectivity index (χ0v) is 44.1. The first-order valence-electron chi connectivity index (χ1n) is 28.6. The lowest BCUT2D eigenvalue weighted by atomic mass is 10.0. The Morgan fingerprint density at radius 1 is 0.266 bits per heavy atom. The van der Waals surface area contributed by atoms with Gasteiger partial charge in [-0.25, -0.2) is 0 Å². The second-order valence-corrected chi connectivity index (χ2v) is 21.4. The maximum absolute atomic E-state index is 12.8. The third-order valence-electron chi connectivity index (χ3n) is 13.1. The zero-order valence-electron chi connectivity index (χ0n) is 44.1. The molecule has 0 aliphatic rings. The van der Waals surface area contributed by atoms with E-state index in [9.17, 15) is 14.4 Å². The van der Waals surface area contributed by atoms with E-state index in [1.807, 2.05) is 0 Å². The summed E-state index contributed by atoms with van der Waals surface area (Å²) in [6, 6.07) is 0. The standard InChI is InChI=1S/C58H112O6/c1-52(2)44-38-32-26-20-14-10-8-7-9-11-17-23-29-35-41-47-56(59)62-50-55(64-58(61)49-43-37-31-25-19-13-16-22-28-34-40-46-54(5)6)51-63-57(60)48-42-36-30-24-18-12-15-21-27-33-39-45-53(3)4/h52-55H,7-51H2,1-6H3/t55-/m1/s1. The molecule has 0 aromatic rings. The minimum atomic E-state index is -0.763. The summed E-state index contributed by atoms with van der Waals surface area (Å²) in [4.78, 5) is 38.1. The molecule has 0 rings (SSSR count). The Balaban J connectivity index is 4.29. The van der Waals surface area contributed by atoms with Crippen LogP contribution in [0, 0.1) is 17.8 Å². The minimum absolute atomic E-state index is 0.0637. The van der Waals surface area contributed by atoms with Crippen LogP contribution < -0.4 is 0 Å². The van der Waals surface area contributed by atoms with Gasteiger partial charge in [0, 0.05) is 19.3 Å². The van der Waals surface area contributed by atoms with E-state index in [0.717, 1.165) is 75.5 Å². The molecule has 0 N–H and O–H groups in total. The molecule has 0 saturated carbocycles. The molecule has 0 spiro atoms. The van der Waals surface area contributed by atoms with E-state index in [0.29, 0.717) is 19.3 Å². The molecule has 1 atom stereocenters. The molecule has 0 aromatic carbocycles. The van der Waals surface area contributed by atoms with Crippen molar-refractivity contribution in [3.05, 3.63) is 0 Å². The molecule has 0 aliphatic heterocycles. The molecule has 0 bridgehead atoms. The first-order valence-corrected chi connectivity index (χ1v) is 28.6. The summed E-state index contributed by atoms with van der Waals surface area (Å²) in [7, 11) is 0. The van der Waals surface area contributed by atoms with Crippen LogP contribution in [-0.4, -0.2) is 37.2 Å². The van der Waals surface area contributed by atoms with Crippen molar-refractivity contribution in [3.63, 3.8) is 0 Å². The van der Waals surface area contributed by atoms with Gasteiger partial charge < -0.3 is 14.2 Å². The average molecular weight is 906 g/mol. The predicted molar refractivity (Wildman–Crippen MR) is 275 cm³/mol. The molecule has 0 radical (unpaired) electrons. The number of carbonyl (C=O) groups is 3. The van der Waals surface area contributed by atoms with Crippen LogP contribution in [0.2, 0.25) is 0 Å². The fraction of sp³-hybridized carbons (Fsp3) is 0.948. The van der Waals surface area contributed by atoms with Crippen molar-refractivity contribution in [2.24, 2.45) is 17.8 Å². The molecule has 6 nitrogen and oxygen atoms in total. The van der Waals surface area contributed by atoms with Gasteiger partial charge in [0.05, 0.1) is 0 Å². The smallest absolute Gasteiger partial charge is 0.306 e. The van der Waals surface area contributed by atoms with Crippen molar-refractivity contribution in [3.8, 4) is 0 Å². The zero-order chi connectivity index (χ0) is 47.0. The van der Waals surface area contributed by atoms with Crippen LogP contribution in [0.5, 0.6) is 0 Å². The van der Waals surface area contributed by atoms with Gasteiger partial charge in [-0.1, -0.05) is 279 Å². The number of rotatable bonds is 51. The number of carbonyl (C=O) groups excluding carboxylic acids is 3. The normalized spacial score (nSPS) is 12.1. The lowest BCUT2D eigenvalue weighted by molar-refractivity contribution is -0.167. The molecule has 0 fully saturated rings. The summed E-state index contributed by atoms with van der Waals surface area (Å²) in [5, 5.41) is 0. The van der Waals surface area contributed by atoms with E-state index in [1.54, 1.807) is 0 Å². The van der Waals surface area contributed by atoms with Gasteiger partial charge in [-0.05, 0) is 37.0 Å². The SMILES string of the molecule is CC(C)CCCCCCCCCCCCCCCCCC(=O)OC[C@H](COC(=O)CCCCCCCCCCCCCC(C)C)OC(=O)CCCCCCCCCCCCCC(C)C. The Hall–Kier alpha value is -1.59. The Labute approximate surface area is 399 Å². The van der Waals surface area contributed by atoms with Crippen LogP contribution >= 0.6 is 0 Å². The van der Waals surface area contributed by atoms with Gasteiger partial charge in [-0.15, -0.1) is 0 Å². The largest absolute Gasteiger partial charge is 0.462 e. The Morgan fingerprint density at radius 3 is 0.672 bits per heavy atom. The topological polar surface area (TPSA) is 78.9 Å². The van der Waals surface area contributed by atoms with E-state index in [4.69, 9.17) is 14.2 Å².